The standard InChI is InChI=1S/C24H23F2N3S2/c1-14-20(25)10-18(30-14)9-16-12-28(3)13-19-23(16)27-29(17-7-5-4-6-8-17)24(19)22-11-21(26)15(2)31-22/h4-11,19,24H,12-13H2,1-3H3/b16-9+. The summed E-state index contributed by atoms with van der Waals surface area (Å²) in [6.45, 7) is 5.20. The molecule has 0 saturated carbocycles. The lowest BCUT2D eigenvalue weighted by Gasteiger charge is -2.34. The van der Waals surface area contributed by atoms with Crippen LogP contribution in [0.3, 0.4) is 0 Å². The van der Waals surface area contributed by atoms with Gasteiger partial charge in [-0.25, -0.2) is 8.78 Å². The van der Waals surface area contributed by atoms with Gasteiger partial charge in [-0.1, -0.05) is 18.2 Å². The van der Waals surface area contributed by atoms with E-state index in [2.05, 4.69) is 18.0 Å². The molecule has 31 heavy (non-hydrogen) atoms. The zero-order valence-electron chi connectivity index (χ0n) is 17.6. The van der Waals surface area contributed by atoms with E-state index in [4.69, 9.17) is 5.10 Å². The van der Waals surface area contributed by atoms with E-state index in [0.717, 1.165) is 39.8 Å². The summed E-state index contributed by atoms with van der Waals surface area (Å²) >= 11 is 2.96. The highest BCUT2D eigenvalue weighted by molar-refractivity contribution is 7.13. The molecule has 1 aromatic carbocycles. The molecule has 2 aromatic heterocycles. The van der Waals surface area contributed by atoms with Crippen LogP contribution < -0.4 is 5.01 Å². The normalized spacial score (nSPS) is 22.8. The van der Waals surface area contributed by atoms with Gasteiger partial charge in [-0.15, -0.1) is 22.7 Å². The van der Waals surface area contributed by atoms with Crippen LogP contribution in [0.5, 0.6) is 0 Å². The lowest BCUT2D eigenvalue weighted by molar-refractivity contribution is 0.304. The van der Waals surface area contributed by atoms with Crippen molar-refractivity contribution in [3.8, 4) is 0 Å². The highest BCUT2D eigenvalue weighted by Gasteiger charge is 2.44. The van der Waals surface area contributed by atoms with Crippen LogP contribution in [0.2, 0.25) is 0 Å². The van der Waals surface area contributed by atoms with E-state index in [-0.39, 0.29) is 23.6 Å². The van der Waals surface area contributed by atoms with Crippen LogP contribution in [-0.2, 0) is 0 Å². The molecule has 2 atom stereocenters. The summed E-state index contributed by atoms with van der Waals surface area (Å²) in [4.78, 5) is 5.53. The van der Waals surface area contributed by atoms with Gasteiger partial charge in [0.1, 0.15) is 11.6 Å². The van der Waals surface area contributed by atoms with Crippen molar-refractivity contribution < 1.29 is 8.78 Å². The fourth-order valence-electron chi connectivity index (χ4n) is 4.42. The second-order valence-electron chi connectivity index (χ2n) is 8.19. The van der Waals surface area contributed by atoms with Gasteiger partial charge in [0.15, 0.2) is 0 Å². The van der Waals surface area contributed by atoms with E-state index < -0.39 is 0 Å². The number of rotatable bonds is 3. The van der Waals surface area contributed by atoms with Gasteiger partial charge in [-0.3, -0.25) is 5.01 Å². The van der Waals surface area contributed by atoms with Gasteiger partial charge in [-0.05, 0) is 56.8 Å². The minimum absolute atomic E-state index is 0.0708. The smallest absolute Gasteiger partial charge is 0.137 e. The summed E-state index contributed by atoms with van der Waals surface area (Å²) in [7, 11) is 2.09. The monoisotopic (exact) mass is 455 g/mol. The second-order valence-corrected chi connectivity index (χ2v) is 10.8. The van der Waals surface area contributed by atoms with Crippen LogP contribution in [0.1, 0.15) is 25.6 Å². The Bertz CT molecular complexity index is 1140. The molecule has 3 aromatic rings. The molecular formula is C24H23F2N3S2. The molecule has 160 valence electrons. The molecule has 0 N–H and O–H groups in total. The summed E-state index contributed by atoms with van der Waals surface area (Å²) in [6, 6.07) is 13.2. The number of thiophene rings is 2. The van der Waals surface area contributed by atoms with E-state index in [1.54, 1.807) is 19.1 Å². The number of nitrogens with zero attached hydrogens (tertiary/aromatic N) is 3. The highest BCUT2D eigenvalue weighted by atomic mass is 32.1. The van der Waals surface area contributed by atoms with Crippen LogP contribution in [0.4, 0.5) is 14.5 Å². The summed E-state index contributed by atoms with van der Waals surface area (Å²) < 4.78 is 28.3. The van der Waals surface area contributed by atoms with Crippen LogP contribution in [0, 0.1) is 31.4 Å². The number of halogens is 2. The average molecular weight is 456 g/mol. The van der Waals surface area contributed by atoms with Gasteiger partial charge in [0, 0.05) is 38.5 Å². The fraction of sp³-hybridized carbons (Fsp3) is 0.292. The predicted molar refractivity (Wildman–Crippen MR) is 126 cm³/mol. The molecule has 3 nitrogen and oxygen atoms in total. The van der Waals surface area contributed by atoms with Crippen molar-refractivity contribution in [2.75, 3.05) is 25.1 Å². The molecule has 0 bridgehead atoms. The number of hydrogen-bond donors (Lipinski definition) is 0. The molecular weight excluding hydrogens is 432 g/mol. The minimum Gasteiger partial charge on any atom is -0.301 e. The zero-order valence-corrected chi connectivity index (χ0v) is 19.2. The van der Waals surface area contributed by atoms with Gasteiger partial charge in [-0.2, -0.15) is 5.10 Å². The summed E-state index contributed by atoms with van der Waals surface area (Å²) in [5, 5.41) is 7.11. The summed E-state index contributed by atoms with van der Waals surface area (Å²) in [6.07, 6.45) is 2.06. The SMILES string of the molecule is Cc1sc(/C=C2\CN(C)CC3C2=NN(c2ccccc2)C3c2cc(F)c(C)s2)cc1F. The first-order chi connectivity index (χ1) is 14.9. The Labute approximate surface area is 188 Å². The minimum atomic E-state index is -0.167. The first-order valence-corrected chi connectivity index (χ1v) is 11.9. The first kappa shape index (κ1) is 20.5. The largest absolute Gasteiger partial charge is 0.301 e. The molecule has 0 amide bonds. The number of likely N-dealkylation sites (N-methyl/N-ethyl adjacent to an activating group) is 1. The number of hydrazone groups is 1. The van der Waals surface area contributed by atoms with Crippen LogP contribution in [-0.4, -0.2) is 30.7 Å². The lowest BCUT2D eigenvalue weighted by Crippen LogP contribution is -2.41. The van der Waals surface area contributed by atoms with Crippen molar-refractivity contribution in [3.05, 3.63) is 79.2 Å². The van der Waals surface area contributed by atoms with Crippen LogP contribution in [0.25, 0.3) is 6.08 Å². The Morgan fingerprint density at radius 2 is 1.74 bits per heavy atom. The molecule has 5 rings (SSSR count). The maximum atomic E-state index is 14.3. The molecule has 2 aliphatic heterocycles. The molecule has 1 saturated heterocycles. The third kappa shape index (κ3) is 3.75. The van der Waals surface area contributed by atoms with Crippen molar-refractivity contribution in [1.29, 1.82) is 0 Å². The molecule has 1 fully saturated rings. The number of hydrogen-bond acceptors (Lipinski definition) is 5. The summed E-state index contributed by atoms with van der Waals surface area (Å²) in [5.41, 5.74) is 3.10. The maximum Gasteiger partial charge on any atom is 0.137 e. The Kier molecular flexibility index (Phi) is 5.28. The molecule has 0 aliphatic carbocycles. The number of aryl methyl sites for hydroxylation is 2. The van der Waals surface area contributed by atoms with Gasteiger partial charge in [0.25, 0.3) is 0 Å². The predicted octanol–water partition coefficient (Wildman–Crippen LogP) is 6.27. The topological polar surface area (TPSA) is 18.8 Å². The fourth-order valence-corrected chi connectivity index (χ4v) is 6.35. The number of piperidine rings is 1. The van der Waals surface area contributed by atoms with Crippen LogP contribution >= 0.6 is 22.7 Å². The Morgan fingerprint density at radius 3 is 2.39 bits per heavy atom. The molecule has 2 unspecified atom stereocenters. The first-order valence-electron chi connectivity index (χ1n) is 10.2. The Morgan fingerprint density at radius 1 is 1.03 bits per heavy atom. The number of para-hydroxylation sites is 1. The molecule has 0 spiro atoms. The van der Waals surface area contributed by atoms with E-state index >= 15 is 0 Å². The molecule has 2 aliphatic rings. The molecule has 4 heterocycles. The van der Waals surface area contributed by atoms with Crippen molar-refractivity contribution in [3.63, 3.8) is 0 Å². The highest BCUT2D eigenvalue weighted by Crippen LogP contribution is 2.45. The quantitative estimate of drug-likeness (QED) is 0.464. The van der Waals surface area contributed by atoms with Crippen LogP contribution in [0.15, 0.2) is 53.1 Å². The number of anilines is 1. The maximum absolute atomic E-state index is 14.3. The van der Waals surface area contributed by atoms with Crippen molar-refractivity contribution in [2.45, 2.75) is 19.9 Å². The number of benzene rings is 1. The third-order valence-electron chi connectivity index (χ3n) is 5.87. The van der Waals surface area contributed by atoms with E-state index in [1.165, 1.54) is 22.7 Å². The molecule has 0 radical (unpaired) electrons. The van der Waals surface area contributed by atoms with Gasteiger partial charge < -0.3 is 4.90 Å². The van der Waals surface area contributed by atoms with Gasteiger partial charge >= 0.3 is 0 Å². The zero-order chi connectivity index (χ0) is 21.7. The number of fused-ring (bicyclic) bond motifs is 1. The van der Waals surface area contributed by atoms with E-state index in [1.807, 2.05) is 42.3 Å². The third-order valence-corrected chi connectivity index (χ3v) is 7.94. The Balaban J connectivity index is 1.62. The lowest BCUT2D eigenvalue weighted by atomic mass is 9.86. The Hall–Kier alpha value is -2.35. The van der Waals surface area contributed by atoms with Crippen molar-refractivity contribution >= 4 is 40.1 Å². The average Bonchev–Trinajstić information content (AvgIpc) is 3.38. The second kappa shape index (κ2) is 7.97. The van der Waals surface area contributed by atoms with Gasteiger partial charge in [0.2, 0.25) is 0 Å². The van der Waals surface area contributed by atoms with Gasteiger partial charge in [0.05, 0.1) is 17.4 Å². The molecule has 7 heteroatoms. The van der Waals surface area contributed by atoms with Crippen molar-refractivity contribution in [1.82, 2.24) is 4.90 Å². The number of likely N-dealkylation sites (tertiary alicyclic amines) is 1. The van der Waals surface area contributed by atoms with E-state index in [0.29, 0.717) is 9.75 Å². The summed E-state index contributed by atoms with van der Waals surface area (Å²) in [5.74, 6) is -0.223. The van der Waals surface area contributed by atoms with Crippen molar-refractivity contribution in [2.24, 2.45) is 11.0 Å². The van der Waals surface area contributed by atoms with E-state index in [9.17, 15) is 8.78 Å².